The Morgan fingerprint density at radius 1 is 1.65 bits per heavy atom. The maximum atomic E-state index is 13.7. The van der Waals surface area contributed by atoms with Crippen LogP contribution in [0.4, 0.5) is 4.39 Å². The van der Waals surface area contributed by atoms with Crippen LogP contribution in [0.25, 0.3) is 0 Å². The van der Waals surface area contributed by atoms with Crippen LogP contribution in [-0.2, 0) is 9.45 Å². The molecule has 1 atom stereocenters. The maximum Gasteiger partial charge on any atom is 0.492 e. The van der Waals surface area contributed by atoms with Gasteiger partial charge in [0.25, 0.3) is 0 Å². The van der Waals surface area contributed by atoms with Gasteiger partial charge in [0.2, 0.25) is 0 Å². The molecule has 1 aromatic rings. The Balaban J connectivity index is 2.43. The molecular formula is C10H10BFO5. The SMILES string of the molecule is COc1cc(F)c2c(c1)B(O)OC2CC(=O)O. The number of hydrogen-bond donors (Lipinski definition) is 2. The minimum absolute atomic E-state index is 0.0840. The number of ether oxygens (including phenoxy) is 1. The van der Waals surface area contributed by atoms with Crippen LogP contribution in [0.5, 0.6) is 5.75 Å². The maximum absolute atomic E-state index is 13.7. The fourth-order valence-corrected chi connectivity index (χ4v) is 1.88. The fraction of sp³-hybridized carbons (Fsp3) is 0.300. The molecule has 1 aromatic carbocycles. The first-order valence-corrected chi connectivity index (χ1v) is 4.95. The van der Waals surface area contributed by atoms with Crippen LogP contribution in [0.1, 0.15) is 18.1 Å². The molecule has 1 aliphatic rings. The number of aliphatic carboxylic acids is 1. The Morgan fingerprint density at radius 2 is 2.35 bits per heavy atom. The van der Waals surface area contributed by atoms with E-state index in [0.717, 1.165) is 6.07 Å². The zero-order valence-electron chi connectivity index (χ0n) is 9.01. The number of fused-ring (bicyclic) bond motifs is 1. The largest absolute Gasteiger partial charge is 0.497 e. The molecule has 90 valence electrons. The Hall–Kier alpha value is -1.60. The molecule has 2 N–H and O–H groups in total. The summed E-state index contributed by atoms with van der Waals surface area (Å²) in [7, 11) is 0.0527. The van der Waals surface area contributed by atoms with Crippen LogP contribution in [0, 0.1) is 5.82 Å². The van der Waals surface area contributed by atoms with E-state index < -0.39 is 31.4 Å². The van der Waals surface area contributed by atoms with Gasteiger partial charge in [0, 0.05) is 11.6 Å². The summed E-state index contributed by atoms with van der Waals surface area (Å²) in [6.45, 7) is 0. The quantitative estimate of drug-likeness (QED) is 0.731. The third-order valence-corrected chi connectivity index (χ3v) is 2.61. The third kappa shape index (κ3) is 2.11. The van der Waals surface area contributed by atoms with Crippen molar-refractivity contribution in [3.05, 3.63) is 23.5 Å². The van der Waals surface area contributed by atoms with Crippen molar-refractivity contribution in [3.63, 3.8) is 0 Å². The Kier molecular flexibility index (Phi) is 3.04. The van der Waals surface area contributed by atoms with Crippen molar-refractivity contribution < 1.29 is 28.7 Å². The molecule has 0 radical (unpaired) electrons. The van der Waals surface area contributed by atoms with Crippen LogP contribution in [0.2, 0.25) is 0 Å². The van der Waals surface area contributed by atoms with E-state index in [1.54, 1.807) is 0 Å². The molecule has 0 saturated heterocycles. The van der Waals surface area contributed by atoms with E-state index >= 15 is 0 Å². The first-order valence-electron chi connectivity index (χ1n) is 4.95. The van der Waals surface area contributed by atoms with Crippen LogP contribution in [0.3, 0.4) is 0 Å². The van der Waals surface area contributed by atoms with Crippen molar-refractivity contribution in [2.45, 2.75) is 12.5 Å². The molecule has 0 aliphatic carbocycles. The highest BCUT2D eigenvalue weighted by atomic mass is 19.1. The Labute approximate surface area is 96.9 Å². The van der Waals surface area contributed by atoms with E-state index in [9.17, 15) is 14.2 Å². The third-order valence-electron chi connectivity index (χ3n) is 2.61. The second-order valence-corrected chi connectivity index (χ2v) is 3.69. The van der Waals surface area contributed by atoms with E-state index in [0.29, 0.717) is 0 Å². The van der Waals surface area contributed by atoms with Gasteiger partial charge in [0.15, 0.2) is 0 Å². The summed E-state index contributed by atoms with van der Waals surface area (Å²) in [6, 6.07) is 2.57. The number of carboxylic acids is 1. The number of halogens is 1. The zero-order valence-corrected chi connectivity index (χ0v) is 9.01. The van der Waals surface area contributed by atoms with Gasteiger partial charge in [-0.25, -0.2) is 4.39 Å². The van der Waals surface area contributed by atoms with E-state index in [1.807, 2.05) is 0 Å². The van der Waals surface area contributed by atoms with E-state index in [1.165, 1.54) is 13.2 Å². The second kappa shape index (κ2) is 4.35. The summed E-state index contributed by atoms with van der Waals surface area (Å²) in [5.41, 5.74) is 0.300. The van der Waals surface area contributed by atoms with Crippen LogP contribution in [0.15, 0.2) is 12.1 Å². The molecule has 7 heteroatoms. The second-order valence-electron chi connectivity index (χ2n) is 3.69. The smallest absolute Gasteiger partial charge is 0.492 e. The fourth-order valence-electron chi connectivity index (χ4n) is 1.88. The van der Waals surface area contributed by atoms with E-state index in [2.05, 4.69) is 0 Å². The Morgan fingerprint density at radius 3 is 2.94 bits per heavy atom. The number of methoxy groups -OCH3 is 1. The van der Waals surface area contributed by atoms with E-state index in [-0.39, 0.29) is 16.8 Å². The number of carbonyl (C=O) groups is 1. The van der Waals surface area contributed by atoms with Gasteiger partial charge < -0.3 is 19.5 Å². The molecule has 0 fully saturated rings. The van der Waals surface area contributed by atoms with Crippen molar-refractivity contribution in [2.24, 2.45) is 0 Å². The molecule has 0 aromatic heterocycles. The van der Waals surface area contributed by atoms with Crippen molar-refractivity contribution in [1.82, 2.24) is 0 Å². The highest BCUT2D eigenvalue weighted by molar-refractivity contribution is 6.61. The van der Waals surface area contributed by atoms with Gasteiger partial charge in [-0.2, -0.15) is 0 Å². The molecule has 5 nitrogen and oxygen atoms in total. The summed E-state index contributed by atoms with van der Waals surface area (Å²) >= 11 is 0. The molecule has 1 aliphatic heterocycles. The van der Waals surface area contributed by atoms with Gasteiger partial charge in [0.05, 0.1) is 19.6 Å². The van der Waals surface area contributed by atoms with Crippen LogP contribution >= 0.6 is 0 Å². The molecule has 0 spiro atoms. The predicted octanol–water partition coefficient (Wildman–Crippen LogP) is 0.0678. The average Bonchev–Trinajstić information content (AvgIpc) is 2.55. The number of benzene rings is 1. The standard InChI is InChI=1S/C10H10BFO5/c1-16-5-2-6-10(7(12)3-5)8(4-9(13)14)17-11(6)15/h2-3,8,15H,4H2,1H3,(H,13,14). The van der Waals surface area contributed by atoms with Crippen molar-refractivity contribution >= 4 is 18.6 Å². The number of rotatable bonds is 3. The Bertz CT molecular complexity index is 464. The number of carboxylic acid groups (broad SMARTS) is 1. The average molecular weight is 240 g/mol. The van der Waals surface area contributed by atoms with Gasteiger partial charge in [-0.1, -0.05) is 0 Å². The topological polar surface area (TPSA) is 76.0 Å². The lowest BCUT2D eigenvalue weighted by atomic mass is 9.79. The lowest BCUT2D eigenvalue weighted by molar-refractivity contribution is -0.138. The van der Waals surface area contributed by atoms with Gasteiger partial charge in [-0.15, -0.1) is 0 Å². The molecule has 0 amide bonds. The van der Waals surface area contributed by atoms with Crippen LogP contribution < -0.4 is 10.2 Å². The summed E-state index contributed by atoms with van der Waals surface area (Å²) in [5, 5.41) is 18.2. The van der Waals surface area contributed by atoms with Crippen molar-refractivity contribution in [3.8, 4) is 5.75 Å². The highest BCUT2D eigenvalue weighted by Gasteiger charge is 2.38. The van der Waals surface area contributed by atoms with Gasteiger partial charge in [-0.05, 0) is 11.5 Å². The molecule has 2 rings (SSSR count). The van der Waals surface area contributed by atoms with Gasteiger partial charge in [-0.3, -0.25) is 4.79 Å². The summed E-state index contributed by atoms with van der Waals surface area (Å²) in [6.07, 6.45) is -1.36. The number of hydrogen-bond acceptors (Lipinski definition) is 4. The zero-order chi connectivity index (χ0) is 12.6. The monoisotopic (exact) mass is 240 g/mol. The van der Waals surface area contributed by atoms with Gasteiger partial charge >= 0.3 is 13.1 Å². The van der Waals surface area contributed by atoms with Crippen molar-refractivity contribution in [2.75, 3.05) is 7.11 Å². The van der Waals surface area contributed by atoms with Gasteiger partial charge in [0.1, 0.15) is 11.6 Å². The molecule has 0 bridgehead atoms. The van der Waals surface area contributed by atoms with E-state index in [4.69, 9.17) is 14.5 Å². The van der Waals surface area contributed by atoms with Crippen molar-refractivity contribution in [1.29, 1.82) is 0 Å². The molecule has 17 heavy (non-hydrogen) atoms. The highest BCUT2D eigenvalue weighted by Crippen LogP contribution is 2.31. The summed E-state index contributed by atoms with van der Waals surface area (Å²) in [4.78, 5) is 10.6. The molecule has 0 saturated carbocycles. The first kappa shape index (κ1) is 11.9. The minimum Gasteiger partial charge on any atom is -0.497 e. The minimum atomic E-state index is -1.32. The summed E-state index contributed by atoms with van der Waals surface area (Å²) in [5.74, 6) is -1.51. The molecule has 1 unspecified atom stereocenters. The summed E-state index contributed by atoms with van der Waals surface area (Å²) < 4.78 is 23.6. The predicted molar refractivity (Wildman–Crippen MR) is 56.6 cm³/mol. The lowest BCUT2D eigenvalue weighted by Gasteiger charge is -2.10. The first-order chi connectivity index (χ1) is 8.02. The molecular weight excluding hydrogens is 230 g/mol. The van der Waals surface area contributed by atoms with Crippen LogP contribution in [-0.4, -0.2) is 30.3 Å². The lowest BCUT2D eigenvalue weighted by Crippen LogP contribution is -2.28. The molecule has 1 heterocycles. The normalized spacial score (nSPS) is 18.1.